The fraction of sp³-hybridized carbons (Fsp3) is 0.667. The minimum absolute atomic E-state index is 0.0434. The van der Waals surface area contributed by atoms with E-state index in [1.807, 2.05) is 6.92 Å². The molecule has 3 heterocycles. The molecule has 1 aromatic rings. The maximum Gasteiger partial charge on any atom is 0.263 e. The van der Waals surface area contributed by atoms with Crippen molar-refractivity contribution in [2.24, 2.45) is 0 Å². The summed E-state index contributed by atoms with van der Waals surface area (Å²) in [5, 5.41) is 7.66. The first-order chi connectivity index (χ1) is 8.20. The number of aryl methyl sites for hydroxylation is 1. The van der Waals surface area contributed by atoms with Gasteiger partial charge in [0.15, 0.2) is 0 Å². The monoisotopic (exact) mass is 251 g/mol. The zero-order chi connectivity index (χ0) is 11.8. The molecule has 0 spiro atoms. The van der Waals surface area contributed by atoms with Crippen molar-refractivity contribution in [3.63, 3.8) is 0 Å². The summed E-state index contributed by atoms with van der Waals surface area (Å²) < 4.78 is 0. The Hall–Kier alpha value is -0.940. The zero-order valence-corrected chi connectivity index (χ0v) is 10.7. The summed E-state index contributed by atoms with van der Waals surface area (Å²) in [6.07, 6.45) is 6.33. The molecule has 2 fully saturated rings. The van der Waals surface area contributed by atoms with Crippen molar-refractivity contribution in [3.05, 3.63) is 16.1 Å². The number of hydrogen-bond acceptors (Lipinski definition) is 4. The summed E-state index contributed by atoms with van der Waals surface area (Å²) in [5.41, 5.74) is 0. The summed E-state index contributed by atoms with van der Waals surface area (Å²) in [6.45, 7) is 1.92. The molecule has 1 amide bonds. The van der Waals surface area contributed by atoms with Crippen LogP contribution in [0.2, 0.25) is 0 Å². The second-order valence-electron chi connectivity index (χ2n) is 5.02. The van der Waals surface area contributed by atoms with E-state index in [-0.39, 0.29) is 5.91 Å². The molecule has 2 aliphatic heterocycles. The fourth-order valence-electron chi connectivity index (χ4n) is 2.90. The first-order valence-electron chi connectivity index (χ1n) is 6.20. The van der Waals surface area contributed by atoms with Crippen LogP contribution in [0.3, 0.4) is 0 Å². The van der Waals surface area contributed by atoms with E-state index < -0.39 is 0 Å². The molecule has 3 rings (SSSR count). The van der Waals surface area contributed by atoms with Gasteiger partial charge in [-0.2, -0.15) is 0 Å². The first-order valence-corrected chi connectivity index (χ1v) is 7.01. The van der Waals surface area contributed by atoms with E-state index in [1.165, 1.54) is 24.2 Å². The average Bonchev–Trinajstić information content (AvgIpc) is 2.85. The maximum atomic E-state index is 12.0. The molecule has 1 aromatic heterocycles. The number of rotatable bonds is 2. The summed E-state index contributed by atoms with van der Waals surface area (Å²) in [7, 11) is 0. The molecule has 2 aliphatic rings. The summed E-state index contributed by atoms with van der Waals surface area (Å²) in [4.78, 5) is 16.8. The molecule has 0 aliphatic carbocycles. The molecule has 5 heteroatoms. The number of piperidine rings is 1. The average molecular weight is 251 g/mol. The highest BCUT2D eigenvalue weighted by molar-refractivity contribution is 7.13. The van der Waals surface area contributed by atoms with Crippen LogP contribution in [0.25, 0.3) is 0 Å². The lowest BCUT2D eigenvalue weighted by atomic mass is 10.00. The first kappa shape index (κ1) is 11.2. The Balaban J connectivity index is 1.62. The highest BCUT2D eigenvalue weighted by atomic mass is 32.1. The third-order valence-electron chi connectivity index (χ3n) is 3.65. The summed E-state index contributed by atoms with van der Waals surface area (Å²) >= 11 is 1.46. The lowest BCUT2D eigenvalue weighted by Crippen LogP contribution is -2.47. The number of carbonyl (C=O) groups excluding carboxylic acids is 1. The minimum atomic E-state index is 0.0434. The van der Waals surface area contributed by atoms with Gasteiger partial charge in [0, 0.05) is 18.1 Å². The Kier molecular flexibility index (Phi) is 2.88. The van der Waals surface area contributed by atoms with Gasteiger partial charge in [-0.3, -0.25) is 4.79 Å². The molecule has 2 saturated heterocycles. The number of amides is 1. The van der Waals surface area contributed by atoms with Gasteiger partial charge in [0.2, 0.25) is 0 Å². The normalized spacial score (nSPS) is 31.5. The number of aromatic nitrogens is 1. The van der Waals surface area contributed by atoms with Gasteiger partial charge in [-0.05, 0) is 32.6 Å². The van der Waals surface area contributed by atoms with Crippen molar-refractivity contribution >= 4 is 17.2 Å². The number of nitrogens with zero attached hydrogens (tertiary/aromatic N) is 1. The van der Waals surface area contributed by atoms with Crippen molar-refractivity contribution in [1.29, 1.82) is 0 Å². The van der Waals surface area contributed by atoms with Gasteiger partial charge >= 0.3 is 0 Å². The lowest BCUT2D eigenvalue weighted by molar-refractivity contribution is 0.0928. The fourth-order valence-corrected chi connectivity index (χ4v) is 3.58. The minimum Gasteiger partial charge on any atom is -0.348 e. The van der Waals surface area contributed by atoms with E-state index >= 15 is 0 Å². The van der Waals surface area contributed by atoms with E-state index in [0.717, 1.165) is 22.7 Å². The summed E-state index contributed by atoms with van der Waals surface area (Å²) in [5.74, 6) is 0.0434. The SMILES string of the molecule is Cc1ncc(C(=O)NC2CC3CCC(C2)N3)s1. The molecule has 4 nitrogen and oxygen atoms in total. The smallest absolute Gasteiger partial charge is 0.263 e. The van der Waals surface area contributed by atoms with Crippen molar-refractivity contribution < 1.29 is 4.79 Å². The van der Waals surface area contributed by atoms with Gasteiger partial charge in [0.25, 0.3) is 5.91 Å². The van der Waals surface area contributed by atoms with Crippen LogP contribution >= 0.6 is 11.3 Å². The molecular weight excluding hydrogens is 234 g/mol. The second-order valence-corrected chi connectivity index (χ2v) is 6.26. The highest BCUT2D eigenvalue weighted by Crippen LogP contribution is 2.27. The predicted octanol–water partition coefficient (Wildman–Crippen LogP) is 1.46. The highest BCUT2D eigenvalue weighted by Gasteiger charge is 2.34. The topological polar surface area (TPSA) is 54.0 Å². The molecule has 2 atom stereocenters. The van der Waals surface area contributed by atoms with Crippen LogP contribution in [0.1, 0.15) is 40.4 Å². The standard InChI is InChI=1S/C12H17N3OS/c1-7-13-6-11(17-7)12(16)15-10-4-8-2-3-9(5-10)14-8/h6,8-10,14H,2-5H2,1H3,(H,15,16). The molecule has 0 aromatic carbocycles. The number of thiazole rings is 1. The maximum absolute atomic E-state index is 12.0. The van der Waals surface area contributed by atoms with Crippen molar-refractivity contribution in [3.8, 4) is 0 Å². The Bertz CT molecular complexity index is 419. The Morgan fingerprint density at radius 2 is 2.18 bits per heavy atom. The van der Waals surface area contributed by atoms with Gasteiger partial charge in [-0.1, -0.05) is 0 Å². The molecule has 0 radical (unpaired) electrons. The van der Waals surface area contributed by atoms with Gasteiger partial charge < -0.3 is 10.6 Å². The third kappa shape index (κ3) is 2.35. The van der Waals surface area contributed by atoms with Crippen molar-refractivity contribution in [1.82, 2.24) is 15.6 Å². The molecule has 2 N–H and O–H groups in total. The van der Waals surface area contributed by atoms with Crippen molar-refractivity contribution in [2.45, 2.75) is 50.7 Å². The van der Waals surface area contributed by atoms with Crippen molar-refractivity contribution in [2.75, 3.05) is 0 Å². The molecule has 17 heavy (non-hydrogen) atoms. The van der Waals surface area contributed by atoms with Crippen LogP contribution in [-0.2, 0) is 0 Å². The van der Waals surface area contributed by atoms with Crippen LogP contribution in [0.4, 0.5) is 0 Å². The summed E-state index contributed by atoms with van der Waals surface area (Å²) in [6, 6.07) is 1.56. The van der Waals surface area contributed by atoms with Gasteiger partial charge in [-0.25, -0.2) is 4.98 Å². The largest absolute Gasteiger partial charge is 0.348 e. The number of hydrogen-bond donors (Lipinski definition) is 2. The van der Waals surface area contributed by atoms with Crippen LogP contribution in [-0.4, -0.2) is 29.0 Å². The Morgan fingerprint density at radius 1 is 1.47 bits per heavy atom. The lowest BCUT2D eigenvalue weighted by Gasteiger charge is -2.29. The van der Waals surface area contributed by atoms with Crippen LogP contribution in [0.5, 0.6) is 0 Å². The second kappa shape index (κ2) is 4.38. The molecule has 2 bridgehead atoms. The van der Waals surface area contributed by atoms with E-state index in [0.29, 0.717) is 18.1 Å². The van der Waals surface area contributed by atoms with Gasteiger partial charge in [0.05, 0.1) is 11.2 Å². The third-order valence-corrected chi connectivity index (χ3v) is 4.56. The van der Waals surface area contributed by atoms with Gasteiger partial charge in [0.1, 0.15) is 4.88 Å². The van der Waals surface area contributed by atoms with E-state index in [9.17, 15) is 4.79 Å². The van der Waals surface area contributed by atoms with Gasteiger partial charge in [-0.15, -0.1) is 11.3 Å². The molecule has 92 valence electrons. The van der Waals surface area contributed by atoms with Crippen LogP contribution in [0.15, 0.2) is 6.20 Å². The molecule has 0 saturated carbocycles. The molecular formula is C12H17N3OS. The van der Waals surface area contributed by atoms with Crippen LogP contribution < -0.4 is 10.6 Å². The van der Waals surface area contributed by atoms with Crippen LogP contribution in [0, 0.1) is 6.92 Å². The number of fused-ring (bicyclic) bond motifs is 2. The number of carbonyl (C=O) groups is 1. The predicted molar refractivity (Wildman–Crippen MR) is 67.3 cm³/mol. The zero-order valence-electron chi connectivity index (χ0n) is 9.90. The Labute approximate surface area is 105 Å². The van der Waals surface area contributed by atoms with E-state index in [2.05, 4.69) is 15.6 Å². The quantitative estimate of drug-likeness (QED) is 0.837. The van der Waals surface area contributed by atoms with E-state index in [4.69, 9.17) is 0 Å². The van der Waals surface area contributed by atoms with E-state index in [1.54, 1.807) is 6.20 Å². The Morgan fingerprint density at radius 3 is 2.76 bits per heavy atom. The molecule has 2 unspecified atom stereocenters. The number of nitrogens with one attached hydrogen (secondary N) is 2.